The van der Waals surface area contributed by atoms with Crippen LogP contribution >= 0.6 is 23.2 Å². The highest BCUT2D eigenvalue weighted by Crippen LogP contribution is 2.18. The van der Waals surface area contributed by atoms with E-state index in [4.69, 9.17) is 23.2 Å². The van der Waals surface area contributed by atoms with Crippen LogP contribution in [0.5, 0.6) is 0 Å². The Morgan fingerprint density at radius 1 is 1.22 bits per heavy atom. The van der Waals surface area contributed by atoms with Crippen molar-refractivity contribution in [1.82, 2.24) is 10.6 Å². The maximum absolute atomic E-state index is 13.4. The van der Waals surface area contributed by atoms with Gasteiger partial charge in [-0.2, -0.15) is 0 Å². The maximum atomic E-state index is 13.4. The Morgan fingerprint density at radius 3 is 2.50 bits per heavy atom. The number of alkyl halides is 1. The molecule has 0 saturated carbocycles. The molecule has 7 heteroatoms. The smallest absolute Gasteiger partial charge is 0.255 e. The fourth-order valence-corrected chi connectivity index (χ4v) is 1.57. The van der Waals surface area contributed by atoms with E-state index in [-0.39, 0.29) is 35.5 Å². The topological polar surface area (TPSA) is 58.2 Å². The molecule has 0 spiro atoms. The van der Waals surface area contributed by atoms with Crippen LogP contribution in [0.3, 0.4) is 0 Å². The minimum absolute atomic E-state index is 0.0392. The summed E-state index contributed by atoms with van der Waals surface area (Å²) in [4.78, 5) is 22.4. The van der Waals surface area contributed by atoms with Gasteiger partial charge in [0.2, 0.25) is 5.91 Å². The summed E-state index contributed by atoms with van der Waals surface area (Å²) in [6.45, 7) is 0.371. The van der Waals surface area contributed by atoms with Crippen molar-refractivity contribution in [3.63, 3.8) is 0 Å². The molecular weight excluding hydrogens is 282 g/mol. The average Bonchev–Trinajstić information content (AvgIpc) is 2.34. The molecule has 2 N–H and O–H groups in total. The molecule has 1 aromatic rings. The van der Waals surface area contributed by atoms with Gasteiger partial charge >= 0.3 is 0 Å². The van der Waals surface area contributed by atoms with Crippen LogP contribution < -0.4 is 10.6 Å². The molecule has 0 saturated heterocycles. The van der Waals surface area contributed by atoms with E-state index in [9.17, 15) is 14.0 Å². The average molecular weight is 293 g/mol. The third-order valence-electron chi connectivity index (χ3n) is 2.04. The Morgan fingerprint density at radius 2 is 1.89 bits per heavy atom. The summed E-state index contributed by atoms with van der Waals surface area (Å²) in [6.07, 6.45) is 0. The second-order valence-electron chi connectivity index (χ2n) is 3.34. The van der Waals surface area contributed by atoms with E-state index >= 15 is 0 Å². The summed E-state index contributed by atoms with van der Waals surface area (Å²) in [7, 11) is 0. The molecule has 4 nitrogen and oxygen atoms in total. The van der Waals surface area contributed by atoms with Gasteiger partial charge in [-0.05, 0) is 12.1 Å². The van der Waals surface area contributed by atoms with Crippen LogP contribution in [0.15, 0.2) is 18.2 Å². The number of hydrogen-bond acceptors (Lipinski definition) is 2. The Hall–Kier alpha value is -1.33. The van der Waals surface area contributed by atoms with Crippen molar-refractivity contribution in [2.45, 2.75) is 0 Å². The zero-order chi connectivity index (χ0) is 13.5. The van der Waals surface area contributed by atoms with E-state index < -0.39 is 11.7 Å². The van der Waals surface area contributed by atoms with Crippen LogP contribution in [0.2, 0.25) is 5.02 Å². The van der Waals surface area contributed by atoms with Crippen molar-refractivity contribution in [2.24, 2.45) is 0 Å². The van der Waals surface area contributed by atoms with Crippen LogP contribution in [0.1, 0.15) is 10.4 Å². The Labute approximate surface area is 113 Å². The molecule has 0 aliphatic heterocycles. The Kier molecular flexibility index (Phi) is 5.88. The van der Waals surface area contributed by atoms with E-state index in [1.54, 1.807) is 0 Å². The lowest BCUT2D eigenvalue weighted by Gasteiger charge is -2.08. The third kappa shape index (κ3) is 4.16. The van der Waals surface area contributed by atoms with Crippen LogP contribution in [-0.4, -0.2) is 30.8 Å². The highest BCUT2D eigenvalue weighted by molar-refractivity contribution is 6.33. The van der Waals surface area contributed by atoms with Gasteiger partial charge in [0.1, 0.15) is 11.7 Å². The fraction of sp³-hybridized carbons (Fsp3) is 0.273. The van der Waals surface area contributed by atoms with E-state index in [0.717, 1.165) is 6.07 Å². The summed E-state index contributed by atoms with van der Waals surface area (Å²) in [5, 5.41) is 4.93. The molecule has 0 atom stereocenters. The van der Waals surface area contributed by atoms with Gasteiger partial charge in [-0.15, -0.1) is 11.6 Å². The molecule has 0 unspecified atom stereocenters. The summed E-state index contributed by atoms with van der Waals surface area (Å²) in [6, 6.07) is 3.99. The third-order valence-corrected chi connectivity index (χ3v) is 2.60. The van der Waals surface area contributed by atoms with Gasteiger partial charge in [-0.3, -0.25) is 9.59 Å². The van der Waals surface area contributed by atoms with E-state index in [1.807, 2.05) is 0 Å². The first kappa shape index (κ1) is 14.7. The zero-order valence-corrected chi connectivity index (χ0v) is 10.8. The molecule has 0 heterocycles. The molecule has 0 bridgehead atoms. The van der Waals surface area contributed by atoms with E-state index in [0.29, 0.717) is 0 Å². The molecule has 1 rings (SSSR count). The van der Waals surface area contributed by atoms with Gasteiger partial charge in [-0.25, -0.2) is 4.39 Å². The molecule has 0 fully saturated rings. The number of carbonyl (C=O) groups is 2. The van der Waals surface area contributed by atoms with Gasteiger partial charge in [0, 0.05) is 13.1 Å². The quantitative estimate of drug-likeness (QED) is 0.639. The number of amides is 2. The van der Waals surface area contributed by atoms with Crippen LogP contribution in [0.25, 0.3) is 0 Å². The SMILES string of the molecule is O=C(CCl)NCCNC(=O)c1c(F)cccc1Cl. The van der Waals surface area contributed by atoms with Crippen molar-refractivity contribution in [3.05, 3.63) is 34.6 Å². The first-order chi connectivity index (χ1) is 8.56. The normalized spacial score (nSPS) is 9.94. The predicted octanol–water partition coefficient (Wildman–Crippen LogP) is 1.56. The predicted molar refractivity (Wildman–Crippen MR) is 67.5 cm³/mol. The number of hydrogen-bond donors (Lipinski definition) is 2. The minimum Gasteiger partial charge on any atom is -0.353 e. The first-order valence-corrected chi connectivity index (χ1v) is 6.02. The largest absolute Gasteiger partial charge is 0.353 e. The van der Waals surface area contributed by atoms with Crippen molar-refractivity contribution in [3.8, 4) is 0 Å². The molecule has 0 radical (unpaired) electrons. The zero-order valence-electron chi connectivity index (χ0n) is 9.30. The molecule has 0 aromatic heterocycles. The van der Waals surface area contributed by atoms with Gasteiger partial charge < -0.3 is 10.6 Å². The van der Waals surface area contributed by atoms with Gasteiger partial charge in [-0.1, -0.05) is 17.7 Å². The lowest BCUT2D eigenvalue weighted by atomic mass is 10.2. The standard InChI is InChI=1S/C11H11Cl2FN2O2/c12-6-9(17)15-4-5-16-11(18)10-7(13)2-1-3-8(10)14/h1-3H,4-6H2,(H,15,17)(H,16,18). The van der Waals surface area contributed by atoms with E-state index in [2.05, 4.69) is 10.6 Å². The number of halogens is 3. The highest BCUT2D eigenvalue weighted by Gasteiger charge is 2.14. The van der Waals surface area contributed by atoms with Gasteiger partial charge in [0.05, 0.1) is 10.6 Å². The number of carbonyl (C=O) groups excluding carboxylic acids is 2. The summed E-state index contributed by atoms with van der Waals surface area (Å²) >= 11 is 11.0. The summed E-state index contributed by atoms with van der Waals surface area (Å²) in [5.74, 6) is -1.80. The van der Waals surface area contributed by atoms with Crippen molar-refractivity contribution < 1.29 is 14.0 Å². The molecular formula is C11H11Cl2FN2O2. The van der Waals surface area contributed by atoms with Crippen LogP contribution in [0, 0.1) is 5.82 Å². The lowest BCUT2D eigenvalue weighted by Crippen LogP contribution is -2.35. The molecule has 0 aliphatic carbocycles. The molecule has 18 heavy (non-hydrogen) atoms. The van der Waals surface area contributed by atoms with Crippen LogP contribution in [-0.2, 0) is 4.79 Å². The Bertz CT molecular complexity index is 434. The number of benzene rings is 1. The molecule has 0 aliphatic rings. The van der Waals surface area contributed by atoms with Gasteiger partial charge in [0.15, 0.2) is 0 Å². The molecule has 1 aromatic carbocycles. The fourth-order valence-electron chi connectivity index (χ4n) is 1.23. The maximum Gasteiger partial charge on any atom is 0.255 e. The summed E-state index contributed by atoms with van der Waals surface area (Å²) < 4.78 is 13.4. The highest BCUT2D eigenvalue weighted by atomic mass is 35.5. The molecule has 2 amide bonds. The van der Waals surface area contributed by atoms with Crippen molar-refractivity contribution >= 4 is 35.0 Å². The minimum atomic E-state index is -0.690. The number of nitrogens with one attached hydrogen (secondary N) is 2. The van der Waals surface area contributed by atoms with Crippen LogP contribution in [0.4, 0.5) is 4.39 Å². The first-order valence-electron chi connectivity index (χ1n) is 5.11. The molecule has 98 valence electrons. The number of rotatable bonds is 5. The monoisotopic (exact) mass is 292 g/mol. The second-order valence-corrected chi connectivity index (χ2v) is 4.01. The van der Waals surface area contributed by atoms with E-state index in [1.165, 1.54) is 12.1 Å². The lowest BCUT2D eigenvalue weighted by molar-refractivity contribution is -0.118. The second kappa shape index (κ2) is 7.18. The van der Waals surface area contributed by atoms with Crippen molar-refractivity contribution in [2.75, 3.05) is 19.0 Å². The Balaban J connectivity index is 2.49. The van der Waals surface area contributed by atoms with Crippen molar-refractivity contribution in [1.29, 1.82) is 0 Å². The van der Waals surface area contributed by atoms with Gasteiger partial charge in [0.25, 0.3) is 5.91 Å². The summed E-state index contributed by atoms with van der Waals surface area (Å²) in [5.41, 5.74) is -0.206.